The SMILES string of the molecule is Cc1ncc(S(=O)(=O)N2CCN(C3(CNC(=O)c4c(F)cccc4F)CCCCCC3)CC2)[nH]1. The van der Waals surface area contributed by atoms with Crippen molar-refractivity contribution in [2.24, 2.45) is 0 Å². The molecule has 1 saturated carbocycles. The number of aromatic amines is 1. The normalized spacial score (nSPS) is 20.1. The summed E-state index contributed by atoms with van der Waals surface area (Å²) < 4.78 is 55.6. The van der Waals surface area contributed by atoms with E-state index in [4.69, 9.17) is 0 Å². The Morgan fingerprint density at radius 3 is 2.26 bits per heavy atom. The van der Waals surface area contributed by atoms with Gasteiger partial charge in [-0.15, -0.1) is 0 Å². The third-order valence-corrected chi connectivity index (χ3v) is 8.82. The summed E-state index contributed by atoms with van der Waals surface area (Å²) in [6.45, 7) is 3.61. The Morgan fingerprint density at radius 2 is 1.71 bits per heavy atom. The molecule has 11 heteroatoms. The molecular weight excluding hydrogens is 464 g/mol. The van der Waals surface area contributed by atoms with Crippen LogP contribution in [0, 0.1) is 18.6 Å². The van der Waals surface area contributed by atoms with Gasteiger partial charge in [-0.25, -0.2) is 22.2 Å². The number of H-pyrrole nitrogens is 1. The molecule has 1 aromatic heterocycles. The monoisotopic (exact) mass is 495 g/mol. The number of carbonyl (C=O) groups excluding carboxylic acids is 1. The molecule has 1 aromatic carbocycles. The first-order valence-corrected chi connectivity index (χ1v) is 13.2. The molecule has 2 N–H and O–H groups in total. The summed E-state index contributed by atoms with van der Waals surface area (Å²) in [6, 6.07) is 3.37. The average Bonchev–Trinajstić information content (AvgIpc) is 3.12. The van der Waals surface area contributed by atoms with Crippen LogP contribution in [-0.4, -0.2) is 71.8 Å². The highest BCUT2D eigenvalue weighted by Gasteiger charge is 2.41. The minimum absolute atomic E-state index is 0.0850. The Kier molecular flexibility index (Phi) is 7.34. The minimum atomic E-state index is -3.66. The number of imidazole rings is 1. The van der Waals surface area contributed by atoms with Crippen LogP contribution in [0.4, 0.5) is 8.78 Å². The Morgan fingerprint density at radius 1 is 1.09 bits per heavy atom. The van der Waals surface area contributed by atoms with Gasteiger partial charge in [0.15, 0.2) is 5.03 Å². The molecule has 8 nitrogen and oxygen atoms in total. The summed E-state index contributed by atoms with van der Waals surface area (Å²) in [5.74, 6) is -2.01. The highest BCUT2D eigenvalue weighted by molar-refractivity contribution is 7.89. The Labute approximate surface area is 198 Å². The van der Waals surface area contributed by atoms with Crippen LogP contribution in [0.25, 0.3) is 0 Å². The van der Waals surface area contributed by atoms with Crippen LogP contribution in [0.1, 0.15) is 54.7 Å². The van der Waals surface area contributed by atoms with Gasteiger partial charge < -0.3 is 10.3 Å². The van der Waals surface area contributed by atoms with E-state index >= 15 is 0 Å². The second kappa shape index (κ2) is 10.1. The van der Waals surface area contributed by atoms with E-state index in [2.05, 4.69) is 20.2 Å². The number of halogens is 2. The maximum Gasteiger partial charge on any atom is 0.260 e. The van der Waals surface area contributed by atoms with Crippen LogP contribution < -0.4 is 5.32 Å². The van der Waals surface area contributed by atoms with Gasteiger partial charge in [0.25, 0.3) is 15.9 Å². The number of amides is 1. The van der Waals surface area contributed by atoms with E-state index in [9.17, 15) is 22.0 Å². The van der Waals surface area contributed by atoms with Gasteiger partial charge in [-0.3, -0.25) is 9.69 Å². The number of aryl methyl sites for hydroxylation is 1. The number of rotatable bonds is 6. The molecule has 0 spiro atoms. The first-order chi connectivity index (χ1) is 16.2. The lowest BCUT2D eigenvalue weighted by atomic mass is 9.87. The molecule has 0 radical (unpaired) electrons. The molecule has 1 saturated heterocycles. The van der Waals surface area contributed by atoms with Crippen LogP contribution >= 0.6 is 0 Å². The van der Waals surface area contributed by atoms with Crippen LogP contribution in [0.15, 0.2) is 29.4 Å². The molecule has 0 atom stereocenters. The van der Waals surface area contributed by atoms with Crippen LogP contribution in [0.5, 0.6) is 0 Å². The number of benzene rings is 1. The molecule has 2 aromatic rings. The molecule has 1 aliphatic heterocycles. The summed E-state index contributed by atoms with van der Waals surface area (Å²) in [5, 5.41) is 2.87. The van der Waals surface area contributed by atoms with Gasteiger partial charge in [0.05, 0.1) is 6.20 Å². The van der Waals surface area contributed by atoms with Crippen LogP contribution in [-0.2, 0) is 10.0 Å². The van der Waals surface area contributed by atoms with Gasteiger partial charge in [0.1, 0.15) is 23.0 Å². The zero-order chi connectivity index (χ0) is 24.3. The maximum absolute atomic E-state index is 14.1. The number of piperazine rings is 1. The Balaban J connectivity index is 1.48. The summed E-state index contributed by atoms with van der Waals surface area (Å²) in [7, 11) is -3.66. The predicted octanol–water partition coefficient (Wildman–Crippen LogP) is 2.83. The third-order valence-electron chi connectivity index (χ3n) is 7.01. The summed E-state index contributed by atoms with van der Waals surface area (Å²) in [6.07, 6.45) is 7.14. The van der Waals surface area contributed by atoms with E-state index in [1.165, 1.54) is 16.6 Å². The lowest BCUT2D eigenvalue weighted by molar-refractivity contribution is 0.0390. The quantitative estimate of drug-likeness (QED) is 0.601. The highest BCUT2D eigenvalue weighted by atomic mass is 32.2. The lowest BCUT2D eigenvalue weighted by Gasteiger charge is -2.47. The van der Waals surface area contributed by atoms with Crippen molar-refractivity contribution in [3.05, 3.63) is 47.4 Å². The van der Waals surface area contributed by atoms with Crippen molar-refractivity contribution in [1.82, 2.24) is 24.5 Å². The van der Waals surface area contributed by atoms with Gasteiger partial charge in [0, 0.05) is 38.3 Å². The van der Waals surface area contributed by atoms with Crippen molar-refractivity contribution >= 4 is 15.9 Å². The third kappa shape index (κ3) is 5.01. The van der Waals surface area contributed by atoms with Gasteiger partial charge in [0.2, 0.25) is 0 Å². The molecule has 0 unspecified atom stereocenters. The topological polar surface area (TPSA) is 98.4 Å². The van der Waals surface area contributed by atoms with Gasteiger partial charge in [-0.05, 0) is 31.9 Å². The van der Waals surface area contributed by atoms with Crippen molar-refractivity contribution in [3.8, 4) is 0 Å². The maximum atomic E-state index is 14.1. The van der Waals surface area contributed by atoms with Crippen molar-refractivity contribution in [3.63, 3.8) is 0 Å². The molecule has 34 heavy (non-hydrogen) atoms. The Bertz CT molecular complexity index is 1100. The number of nitrogens with zero attached hydrogens (tertiary/aromatic N) is 3. The van der Waals surface area contributed by atoms with Gasteiger partial charge in [-0.2, -0.15) is 4.31 Å². The molecular formula is C23H31F2N5O3S. The number of nitrogens with one attached hydrogen (secondary N) is 2. The second-order valence-corrected chi connectivity index (χ2v) is 11.0. The zero-order valence-electron chi connectivity index (χ0n) is 19.3. The van der Waals surface area contributed by atoms with E-state index in [-0.39, 0.29) is 17.1 Å². The zero-order valence-corrected chi connectivity index (χ0v) is 20.1. The van der Waals surface area contributed by atoms with Crippen molar-refractivity contribution in [2.45, 2.75) is 56.0 Å². The number of hydrogen-bond donors (Lipinski definition) is 2. The molecule has 0 bridgehead atoms. The average molecular weight is 496 g/mol. The minimum Gasteiger partial charge on any atom is -0.350 e. The van der Waals surface area contributed by atoms with Crippen LogP contribution in [0.3, 0.4) is 0 Å². The smallest absolute Gasteiger partial charge is 0.260 e. The molecule has 186 valence electrons. The fourth-order valence-corrected chi connectivity index (χ4v) is 6.50. The van der Waals surface area contributed by atoms with E-state index in [1.54, 1.807) is 6.92 Å². The first-order valence-electron chi connectivity index (χ1n) is 11.7. The molecule has 4 rings (SSSR count). The number of aromatic nitrogens is 2. The fraction of sp³-hybridized carbons (Fsp3) is 0.565. The summed E-state index contributed by atoms with van der Waals surface area (Å²) >= 11 is 0. The van der Waals surface area contributed by atoms with E-state index in [0.29, 0.717) is 32.0 Å². The van der Waals surface area contributed by atoms with Crippen molar-refractivity contribution in [2.75, 3.05) is 32.7 Å². The second-order valence-electron chi connectivity index (χ2n) is 9.14. The summed E-state index contributed by atoms with van der Waals surface area (Å²) in [5.41, 5.74) is -0.953. The van der Waals surface area contributed by atoms with Crippen molar-refractivity contribution in [1.29, 1.82) is 0 Å². The predicted molar refractivity (Wildman–Crippen MR) is 123 cm³/mol. The number of carbonyl (C=O) groups is 1. The van der Waals surface area contributed by atoms with Gasteiger partial charge in [-0.1, -0.05) is 31.7 Å². The molecule has 1 aliphatic carbocycles. The van der Waals surface area contributed by atoms with Crippen molar-refractivity contribution < 1.29 is 22.0 Å². The highest BCUT2D eigenvalue weighted by Crippen LogP contribution is 2.34. The first kappa shape index (κ1) is 24.7. The van der Waals surface area contributed by atoms with Crippen LogP contribution in [0.2, 0.25) is 0 Å². The fourth-order valence-electron chi connectivity index (χ4n) is 5.11. The largest absolute Gasteiger partial charge is 0.350 e. The number of sulfonamides is 1. The van der Waals surface area contributed by atoms with E-state index in [1.807, 2.05) is 0 Å². The number of hydrogen-bond acceptors (Lipinski definition) is 5. The van der Waals surface area contributed by atoms with E-state index < -0.39 is 33.1 Å². The molecule has 1 amide bonds. The molecule has 2 heterocycles. The Hall–Kier alpha value is -2.37. The van der Waals surface area contributed by atoms with Gasteiger partial charge >= 0.3 is 0 Å². The lowest BCUT2D eigenvalue weighted by Crippen LogP contribution is -2.61. The molecule has 2 fully saturated rings. The standard InChI is InChI=1S/C23H31F2N5O3S/c1-17-26-15-20(28-17)34(32,33)30-13-11-29(12-14-30)23(9-4-2-3-5-10-23)16-27-22(31)21-18(24)7-6-8-19(21)25/h6-8,15H,2-5,9-14,16H2,1H3,(H,26,28)(H,27,31). The van der Waals surface area contributed by atoms with E-state index in [0.717, 1.165) is 50.7 Å². The summed E-state index contributed by atoms with van der Waals surface area (Å²) in [4.78, 5) is 21.7. The molecule has 2 aliphatic rings.